The lowest BCUT2D eigenvalue weighted by Gasteiger charge is -2.08. The van der Waals surface area contributed by atoms with E-state index in [9.17, 15) is 23.3 Å². The van der Waals surface area contributed by atoms with Crippen LogP contribution < -0.4 is 5.32 Å². The number of sulfone groups is 1. The molecule has 0 unspecified atom stereocenters. The Balaban J connectivity index is 2.21. The maximum absolute atomic E-state index is 12.2. The third kappa shape index (κ3) is 3.92. The number of nitro groups is 1. The van der Waals surface area contributed by atoms with E-state index in [1.807, 2.05) is 0 Å². The normalized spacial score (nSPS) is 11.0. The average Bonchev–Trinajstić information content (AvgIpc) is 2.46. The van der Waals surface area contributed by atoms with E-state index < -0.39 is 20.7 Å². The molecule has 0 heterocycles. The number of hydrogen-bond acceptors (Lipinski definition) is 5. The van der Waals surface area contributed by atoms with Gasteiger partial charge in [-0.1, -0.05) is 0 Å². The van der Waals surface area contributed by atoms with Crippen LogP contribution >= 0.6 is 0 Å². The van der Waals surface area contributed by atoms with Crippen LogP contribution in [0.2, 0.25) is 0 Å². The molecule has 1 N–H and O–H groups in total. The van der Waals surface area contributed by atoms with E-state index in [1.54, 1.807) is 6.92 Å². The smallest absolute Gasteiger partial charge is 0.269 e. The van der Waals surface area contributed by atoms with Crippen molar-refractivity contribution in [3.63, 3.8) is 0 Å². The Morgan fingerprint density at radius 2 is 1.74 bits per heavy atom. The molecule has 0 aliphatic carbocycles. The number of aryl methyl sites for hydroxylation is 1. The Kier molecular flexibility index (Phi) is 4.46. The highest BCUT2D eigenvalue weighted by atomic mass is 32.2. The lowest BCUT2D eigenvalue weighted by Crippen LogP contribution is -2.13. The van der Waals surface area contributed by atoms with Crippen molar-refractivity contribution in [2.45, 2.75) is 11.8 Å². The Hall–Kier alpha value is -2.74. The van der Waals surface area contributed by atoms with Crippen LogP contribution in [-0.2, 0) is 9.84 Å². The predicted octanol–water partition coefficient (Wildman–Crippen LogP) is 2.56. The van der Waals surface area contributed by atoms with Crippen LogP contribution in [0.4, 0.5) is 11.4 Å². The van der Waals surface area contributed by atoms with Crippen molar-refractivity contribution in [2.24, 2.45) is 0 Å². The highest BCUT2D eigenvalue weighted by Crippen LogP contribution is 2.19. The molecule has 8 heteroatoms. The molecule has 0 aliphatic rings. The second-order valence-corrected chi connectivity index (χ2v) is 7.02. The number of nitrogens with zero attached hydrogens (tertiary/aromatic N) is 1. The zero-order chi connectivity index (χ0) is 17.2. The third-order valence-electron chi connectivity index (χ3n) is 3.21. The lowest BCUT2D eigenvalue weighted by atomic mass is 10.1. The highest BCUT2D eigenvalue weighted by Gasteiger charge is 2.14. The molecule has 0 aliphatic heterocycles. The molecule has 0 bridgehead atoms. The Labute approximate surface area is 133 Å². The summed E-state index contributed by atoms with van der Waals surface area (Å²) in [5.74, 6) is -0.426. The molecule has 0 saturated carbocycles. The van der Waals surface area contributed by atoms with Crippen LogP contribution in [0.1, 0.15) is 15.9 Å². The zero-order valence-electron chi connectivity index (χ0n) is 12.4. The number of benzene rings is 2. The minimum atomic E-state index is -3.30. The summed E-state index contributed by atoms with van der Waals surface area (Å²) in [5, 5.41) is 13.3. The van der Waals surface area contributed by atoms with Crippen molar-refractivity contribution in [3.05, 3.63) is 63.7 Å². The molecule has 0 spiro atoms. The fourth-order valence-corrected chi connectivity index (χ4v) is 2.63. The van der Waals surface area contributed by atoms with E-state index in [1.165, 1.54) is 42.5 Å². The van der Waals surface area contributed by atoms with Crippen molar-refractivity contribution >= 4 is 27.1 Å². The number of hydrogen-bond donors (Lipinski definition) is 1. The van der Waals surface area contributed by atoms with Crippen molar-refractivity contribution in [2.75, 3.05) is 11.6 Å². The van der Waals surface area contributed by atoms with Gasteiger partial charge in [0, 0.05) is 29.6 Å². The minimum absolute atomic E-state index is 0.0865. The topological polar surface area (TPSA) is 106 Å². The van der Waals surface area contributed by atoms with Gasteiger partial charge in [0.2, 0.25) is 0 Å². The highest BCUT2D eigenvalue weighted by molar-refractivity contribution is 7.90. The van der Waals surface area contributed by atoms with E-state index in [2.05, 4.69) is 5.32 Å². The number of nitrogens with one attached hydrogen (secondary N) is 1. The fraction of sp³-hybridized carbons (Fsp3) is 0.133. The van der Waals surface area contributed by atoms with E-state index in [0.29, 0.717) is 16.8 Å². The molecule has 0 atom stereocenters. The van der Waals surface area contributed by atoms with E-state index in [0.717, 1.165) is 6.26 Å². The van der Waals surface area contributed by atoms with Gasteiger partial charge in [-0.25, -0.2) is 8.42 Å². The quantitative estimate of drug-likeness (QED) is 0.683. The van der Waals surface area contributed by atoms with Crippen LogP contribution in [0.3, 0.4) is 0 Å². The van der Waals surface area contributed by atoms with Crippen LogP contribution in [0.25, 0.3) is 0 Å². The maximum atomic E-state index is 12.2. The molecule has 23 heavy (non-hydrogen) atoms. The van der Waals surface area contributed by atoms with Gasteiger partial charge < -0.3 is 5.32 Å². The molecule has 1 amide bonds. The summed E-state index contributed by atoms with van der Waals surface area (Å²) in [6.07, 6.45) is 1.10. The van der Waals surface area contributed by atoms with Gasteiger partial charge >= 0.3 is 0 Å². The van der Waals surface area contributed by atoms with Gasteiger partial charge in [-0.3, -0.25) is 14.9 Å². The zero-order valence-corrected chi connectivity index (χ0v) is 13.3. The largest absolute Gasteiger partial charge is 0.322 e. The van der Waals surface area contributed by atoms with Gasteiger partial charge in [0.25, 0.3) is 11.6 Å². The second-order valence-electron chi connectivity index (χ2n) is 5.01. The van der Waals surface area contributed by atoms with E-state index >= 15 is 0 Å². The minimum Gasteiger partial charge on any atom is -0.322 e. The third-order valence-corrected chi connectivity index (χ3v) is 4.33. The maximum Gasteiger partial charge on any atom is 0.269 e. The molecular weight excluding hydrogens is 320 g/mol. The first kappa shape index (κ1) is 16.6. The van der Waals surface area contributed by atoms with Crippen LogP contribution in [0, 0.1) is 17.0 Å². The number of non-ortho nitro benzene ring substituents is 1. The van der Waals surface area contributed by atoms with Gasteiger partial charge in [0.05, 0.1) is 9.82 Å². The fourth-order valence-electron chi connectivity index (χ4n) is 2.00. The van der Waals surface area contributed by atoms with Crippen molar-refractivity contribution < 1.29 is 18.1 Å². The van der Waals surface area contributed by atoms with Crippen LogP contribution in [0.5, 0.6) is 0 Å². The van der Waals surface area contributed by atoms with Gasteiger partial charge in [-0.05, 0) is 42.8 Å². The number of anilines is 1. The Morgan fingerprint density at radius 1 is 1.13 bits per heavy atom. The van der Waals surface area contributed by atoms with E-state index in [-0.39, 0.29) is 10.6 Å². The number of rotatable bonds is 4. The van der Waals surface area contributed by atoms with Crippen LogP contribution in [-0.4, -0.2) is 25.5 Å². The molecule has 2 aromatic carbocycles. The van der Waals surface area contributed by atoms with Crippen molar-refractivity contribution in [3.8, 4) is 0 Å². The summed E-state index contributed by atoms with van der Waals surface area (Å²) >= 11 is 0. The van der Waals surface area contributed by atoms with Gasteiger partial charge in [0.1, 0.15) is 0 Å². The summed E-state index contributed by atoms with van der Waals surface area (Å²) in [5.41, 5.74) is 1.13. The van der Waals surface area contributed by atoms with Gasteiger partial charge in [-0.2, -0.15) is 0 Å². The molecule has 2 rings (SSSR count). The van der Waals surface area contributed by atoms with E-state index in [4.69, 9.17) is 0 Å². The van der Waals surface area contributed by atoms with Gasteiger partial charge in [0.15, 0.2) is 9.84 Å². The molecule has 0 aromatic heterocycles. The van der Waals surface area contributed by atoms with Gasteiger partial charge in [-0.15, -0.1) is 0 Å². The molecule has 0 saturated heterocycles. The number of amides is 1. The SMILES string of the molecule is Cc1cc([N+](=O)[O-])ccc1C(=O)Nc1ccc(S(C)(=O)=O)cc1. The molecule has 7 nitrogen and oxygen atoms in total. The first-order valence-corrected chi connectivity index (χ1v) is 8.44. The predicted molar refractivity (Wildman–Crippen MR) is 85.3 cm³/mol. The van der Waals surface area contributed by atoms with Crippen molar-refractivity contribution in [1.29, 1.82) is 0 Å². The number of nitro benzene ring substituents is 1. The first-order chi connectivity index (χ1) is 10.7. The standard InChI is InChI=1S/C15H14N2O5S/c1-10-9-12(17(19)20)5-8-14(10)15(18)16-11-3-6-13(7-4-11)23(2,21)22/h3-9H,1-2H3,(H,16,18). The molecule has 120 valence electrons. The number of carbonyl (C=O) groups is 1. The molecule has 2 aromatic rings. The summed E-state index contributed by atoms with van der Waals surface area (Å²) in [4.78, 5) is 22.5. The summed E-state index contributed by atoms with van der Waals surface area (Å²) in [7, 11) is -3.30. The summed E-state index contributed by atoms with van der Waals surface area (Å²) < 4.78 is 22.8. The molecule has 0 fully saturated rings. The second kappa shape index (κ2) is 6.17. The molecule has 0 radical (unpaired) electrons. The summed E-state index contributed by atoms with van der Waals surface area (Å²) in [6, 6.07) is 9.72. The first-order valence-electron chi connectivity index (χ1n) is 6.55. The monoisotopic (exact) mass is 334 g/mol. The Bertz CT molecular complexity index is 873. The van der Waals surface area contributed by atoms with Crippen molar-refractivity contribution in [1.82, 2.24) is 0 Å². The lowest BCUT2D eigenvalue weighted by molar-refractivity contribution is -0.384. The average molecular weight is 334 g/mol. The Morgan fingerprint density at radius 3 is 2.22 bits per heavy atom. The van der Waals surface area contributed by atoms with Crippen LogP contribution in [0.15, 0.2) is 47.4 Å². The molecular formula is C15H14N2O5S. The number of carbonyl (C=O) groups excluding carboxylic acids is 1. The summed E-state index contributed by atoms with van der Waals surface area (Å²) in [6.45, 7) is 1.61.